The second-order valence-electron chi connectivity index (χ2n) is 7.04. The van der Waals surface area contributed by atoms with Crippen molar-refractivity contribution in [2.75, 3.05) is 45.4 Å². The quantitative estimate of drug-likeness (QED) is 0.206. The average Bonchev–Trinajstić information content (AvgIpc) is 3.44. The van der Waals surface area contributed by atoms with Crippen LogP contribution in [0.3, 0.4) is 0 Å². The van der Waals surface area contributed by atoms with Crippen LogP contribution in [-0.4, -0.2) is 65.9 Å². The van der Waals surface area contributed by atoms with Gasteiger partial charge in [-0.2, -0.15) is 0 Å². The number of esters is 1. The van der Waals surface area contributed by atoms with Gasteiger partial charge in [0, 0.05) is 25.7 Å². The molecule has 11 heteroatoms. The third-order valence-corrected chi connectivity index (χ3v) is 6.15. The van der Waals surface area contributed by atoms with Crippen LogP contribution in [0.2, 0.25) is 0 Å². The molecular formula is C20H29N3O7S. The molecule has 1 fully saturated rings. The van der Waals surface area contributed by atoms with E-state index >= 15 is 0 Å². The van der Waals surface area contributed by atoms with Crippen molar-refractivity contribution in [1.82, 2.24) is 4.72 Å². The van der Waals surface area contributed by atoms with Crippen molar-refractivity contribution in [2.45, 2.75) is 23.3 Å². The summed E-state index contributed by atoms with van der Waals surface area (Å²) in [5.74, 6) is -1.42. The second kappa shape index (κ2) is 11.2. The smallest absolute Gasteiger partial charge is 0.331 e. The number of carbonyl (C=O) groups is 2. The van der Waals surface area contributed by atoms with Crippen LogP contribution < -0.4 is 15.8 Å². The number of hydrogen-bond donors (Lipinski definition) is 3. The van der Waals surface area contributed by atoms with E-state index in [1.807, 2.05) is 0 Å². The number of hydrogen-bond acceptors (Lipinski definition) is 9. The lowest BCUT2D eigenvalue weighted by molar-refractivity contribution is -0.146. The zero-order valence-corrected chi connectivity index (χ0v) is 18.3. The Morgan fingerprint density at radius 1 is 1.26 bits per heavy atom. The van der Waals surface area contributed by atoms with Crippen molar-refractivity contribution in [3.05, 3.63) is 36.9 Å². The number of benzene rings is 1. The lowest BCUT2D eigenvalue weighted by Crippen LogP contribution is -2.46. The Bertz CT molecular complexity index is 891. The average molecular weight is 456 g/mol. The molecule has 0 aromatic heterocycles. The number of nitrogens with two attached hydrogens (primary N) is 1. The number of methoxy groups -OCH3 is 1. The number of rotatable bonds is 14. The summed E-state index contributed by atoms with van der Waals surface area (Å²) in [6.45, 7) is 4.95. The fourth-order valence-corrected chi connectivity index (χ4v) is 4.05. The molecule has 1 saturated carbocycles. The highest BCUT2D eigenvalue weighted by atomic mass is 32.2. The van der Waals surface area contributed by atoms with Crippen molar-refractivity contribution >= 4 is 27.6 Å². The lowest BCUT2D eigenvalue weighted by atomic mass is 10.2. The number of nitrogens with one attached hydrogen (secondary N) is 2. The largest absolute Gasteiger partial charge is 0.467 e. The van der Waals surface area contributed by atoms with Gasteiger partial charge < -0.3 is 25.3 Å². The van der Waals surface area contributed by atoms with E-state index in [-0.39, 0.29) is 17.4 Å². The summed E-state index contributed by atoms with van der Waals surface area (Å²) in [7, 11) is -2.81. The summed E-state index contributed by atoms with van der Waals surface area (Å²) >= 11 is 0. The minimum atomic E-state index is -4.10. The molecule has 1 aliphatic rings. The topological polar surface area (TPSA) is 146 Å². The standard InChI is InChI=1S/C20H29N3O7S/c1-3-15-13-20(15,21)19(25)23-31(26,27)17-8-5-4-7-16(17)22-9-12-29-10-6-11-30-14-18(24)28-2/h3-5,7-8,15,22H,1,6,9-14,21H2,2H3,(H,23,25)/t15-,20-/m1/s1. The molecule has 1 aromatic rings. The zero-order valence-electron chi connectivity index (χ0n) is 17.5. The fourth-order valence-electron chi connectivity index (χ4n) is 2.82. The summed E-state index contributed by atoms with van der Waals surface area (Å²) in [6, 6.07) is 6.25. The van der Waals surface area contributed by atoms with Gasteiger partial charge in [0.2, 0.25) is 0 Å². The number of carbonyl (C=O) groups excluding carboxylic acids is 2. The van der Waals surface area contributed by atoms with Gasteiger partial charge in [-0.15, -0.1) is 6.58 Å². The Labute approximate surface area is 182 Å². The van der Waals surface area contributed by atoms with Crippen LogP contribution in [0.1, 0.15) is 12.8 Å². The molecule has 1 amide bonds. The SMILES string of the molecule is C=C[C@@H]1C[C@]1(N)C(=O)NS(=O)(=O)c1ccccc1NCCOCCCOCC(=O)OC. The van der Waals surface area contributed by atoms with Crippen molar-refractivity contribution in [3.8, 4) is 0 Å². The fraction of sp³-hybridized carbons (Fsp3) is 0.500. The number of para-hydroxylation sites is 1. The van der Waals surface area contributed by atoms with E-state index in [0.717, 1.165) is 0 Å². The lowest BCUT2D eigenvalue weighted by Gasteiger charge is -2.15. The summed E-state index contributed by atoms with van der Waals surface area (Å²) in [6.07, 6.45) is 2.51. The van der Waals surface area contributed by atoms with Crippen LogP contribution in [0.15, 0.2) is 41.8 Å². The van der Waals surface area contributed by atoms with Gasteiger partial charge >= 0.3 is 5.97 Å². The minimum absolute atomic E-state index is 0.0565. The van der Waals surface area contributed by atoms with Gasteiger partial charge in [-0.1, -0.05) is 18.2 Å². The van der Waals surface area contributed by atoms with Crippen molar-refractivity contribution in [1.29, 1.82) is 0 Å². The Balaban J connectivity index is 1.78. The molecule has 172 valence electrons. The van der Waals surface area contributed by atoms with Crippen molar-refractivity contribution in [2.24, 2.45) is 11.7 Å². The van der Waals surface area contributed by atoms with Crippen LogP contribution in [0.25, 0.3) is 0 Å². The van der Waals surface area contributed by atoms with Crippen LogP contribution in [-0.2, 0) is 33.8 Å². The number of ether oxygens (including phenoxy) is 3. The molecular weight excluding hydrogens is 426 g/mol. The molecule has 0 saturated heterocycles. The molecule has 1 aromatic carbocycles. The highest BCUT2D eigenvalue weighted by Crippen LogP contribution is 2.42. The predicted octanol–water partition coefficient (Wildman–Crippen LogP) is 0.403. The third-order valence-electron chi connectivity index (χ3n) is 4.76. The molecule has 31 heavy (non-hydrogen) atoms. The summed E-state index contributed by atoms with van der Waals surface area (Å²) in [4.78, 5) is 23.2. The Morgan fingerprint density at radius 2 is 1.97 bits per heavy atom. The Morgan fingerprint density at radius 3 is 2.65 bits per heavy atom. The van der Waals surface area contributed by atoms with Crippen molar-refractivity contribution in [3.63, 3.8) is 0 Å². The van der Waals surface area contributed by atoms with Crippen LogP contribution >= 0.6 is 0 Å². The third kappa shape index (κ3) is 7.03. The van der Waals surface area contributed by atoms with E-state index in [2.05, 4.69) is 21.4 Å². The first kappa shape index (κ1) is 24.8. The Kier molecular flexibility index (Phi) is 8.99. The number of anilines is 1. The number of sulfonamides is 1. The van der Waals surface area contributed by atoms with Gasteiger partial charge in [0.15, 0.2) is 0 Å². The maximum absolute atomic E-state index is 12.7. The first-order valence-corrected chi connectivity index (χ1v) is 11.3. The second-order valence-corrected chi connectivity index (χ2v) is 8.69. The molecule has 0 unspecified atom stereocenters. The monoisotopic (exact) mass is 455 g/mol. The number of amides is 1. The summed E-state index contributed by atoms with van der Waals surface area (Å²) in [5.41, 5.74) is 5.05. The maximum Gasteiger partial charge on any atom is 0.331 e. The van der Waals surface area contributed by atoms with E-state index < -0.39 is 27.4 Å². The first-order valence-electron chi connectivity index (χ1n) is 9.78. The van der Waals surface area contributed by atoms with E-state index in [1.165, 1.54) is 13.2 Å². The molecule has 1 aliphatic carbocycles. The molecule has 4 N–H and O–H groups in total. The van der Waals surface area contributed by atoms with Gasteiger partial charge in [0.05, 0.1) is 19.4 Å². The normalized spacial score (nSPS) is 20.0. The first-order chi connectivity index (χ1) is 14.7. The summed E-state index contributed by atoms with van der Waals surface area (Å²) < 4.78 is 42.5. The molecule has 10 nitrogen and oxygen atoms in total. The minimum Gasteiger partial charge on any atom is -0.467 e. The van der Waals surface area contributed by atoms with E-state index in [4.69, 9.17) is 15.2 Å². The van der Waals surface area contributed by atoms with Gasteiger partial charge in [-0.25, -0.2) is 17.9 Å². The zero-order chi connectivity index (χ0) is 22.9. The summed E-state index contributed by atoms with van der Waals surface area (Å²) in [5, 5.41) is 3.00. The predicted molar refractivity (Wildman–Crippen MR) is 114 cm³/mol. The van der Waals surface area contributed by atoms with Crippen LogP contribution in [0, 0.1) is 5.92 Å². The highest BCUT2D eigenvalue weighted by Gasteiger charge is 2.56. The highest BCUT2D eigenvalue weighted by molar-refractivity contribution is 7.90. The van der Waals surface area contributed by atoms with E-state index in [1.54, 1.807) is 24.3 Å². The van der Waals surface area contributed by atoms with Crippen molar-refractivity contribution < 1.29 is 32.2 Å². The van der Waals surface area contributed by atoms with E-state index in [9.17, 15) is 18.0 Å². The maximum atomic E-state index is 12.7. The van der Waals surface area contributed by atoms with Crippen LogP contribution in [0.5, 0.6) is 0 Å². The molecule has 0 bridgehead atoms. The molecule has 0 aliphatic heterocycles. The molecule has 0 spiro atoms. The van der Waals surface area contributed by atoms with Gasteiger partial charge in [-0.3, -0.25) is 4.79 Å². The van der Waals surface area contributed by atoms with E-state index in [0.29, 0.717) is 44.9 Å². The van der Waals surface area contributed by atoms with Gasteiger partial charge in [0.1, 0.15) is 17.0 Å². The molecule has 0 radical (unpaired) electrons. The molecule has 2 rings (SSSR count). The van der Waals surface area contributed by atoms with Gasteiger partial charge in [0.25, 0.3) is 15.9 Å². The molecule has 0 heterocycles. The van der Waals surface area contributed by atoms with Crippen LogP contribution in [0.4, 0.5) is 5.69 Å². The van der Waals surface area contributed by atoms with Gasteiger partial charge in [-0.05, 0) is 25.0 Å². The molecule has 2 atom stereocenters. The Hall–Kier alpha value is -2.47.